The summed E-state index contributed by atoms with van der Waals surface area (Å²) in [6.45, 7) is 9.30. The Hall–Kier alpha value is -2.46. The highest BCUT2D eigenvalue weighted by molar-refractivity contribution is 5.95. The first kappa shape index (κ1) is 19.3. The van der Waals surface area contributed by atoms with E-state index in [0.717, 1.165) is 53.6 Å². The Labute approximate surface area is 161 Å². The number of aryl methyl sites for hydroxylation is 4. The van der Waals surface area contributed by atoms with Crippen LogP contribution in [-0.2, 0) is 20.8 Å². The topological polar surface area (TPSA) is 43.4 Å². The number of hydrogen-bond donors (Lipinski definition) is 0. The van der Waals surface area contributed by atoms with Gasteiger partial charge in [-0.25, -0.2) is 4.79 Å². The van der Waals surface area contributed by atoms with Gasteiger partial charge in [-0.2, -0.15) is 0 Å². The fourth-order valence-corrected chi connectivity index (χ4v) is 4.41. The summed E-state index contributed by atoms with van der Waals surface area (Å²) in [5, 5.41) is 0. The van der Waals surface area contributed by atoms with Crippen molar-refractivity contribution in [1.82, 2.24) is 4.65 Å². The van der Waals surface area contributed by atoms with Crippen LogP contribution in [-0.4, -0.2) is 25.3 Å². The van der Waals surface area contributed by atoms with Crippen LogP contribution in [0.3, 0.4) is 0 Å². The van der Waals surface area contributed by atoms with E-state index < -0.39 is 11.9 Å². The molecule has 1 heterocycles. The molecule has 0 saturated heterocycles. The zero-order chi connectivity index (χ0) is 19.6. The van der Waals surface area contributed by atoms with E-state index >= 15 is 0 Å². The largest absolute Gasteiger partial charge is 0.381 e. The van der Waals surface area contributed by atoms with E-state index in [0.29, 0.717) is 6.54 Å². The van der Waals surface area contributed by atoms with Gasteiger partial charge in [0.25, 0.3) is 0 Å². The summed E-state index contributed by atoms with van der Waals surface area (Å²) in [6.07, 6.45) is 2.66. The molecule has 0 aliphatic carbocycles. The quantitative estimate of drug-likeness (QED) is 0.449. The molecule has 4 nitrogen and oxygen atoms in total. The van der Waals surface area contributed by atoms with Crippen molar-refractivity contribution in [2.45, 2.75) is 46.5 Å². The van der Waals surface area contributed by atoms with Crippen molar-refractivity contribution in [3.63, 3.8) is 0 Å². The molecule has 2 unspecified atom stereocenters. The van der Waals surface area contributed by atoms with Crippen LogP contribution in [0.2, 0.25) is 0 Å². The number of benzene rings is 2. The highest BCUT2D eigenvalue weighted by Gasteiger charge is 2.41. The summed E-state index contributed by atoms with van der Waals surface area (Å²) in [6, 6.07) is 12.1. The van der Waals surface area contributed by atoms with Crippen molar-refractivity contribution in [3.8, 4) is 0 Å². The molecule has 27 heavy (non-hydrogen) atoms. The lowest BCUT2D eigenvalue weighted by Crippen LogP contribution is -2.54. The van der Waals surface area contributed by atoms with E-state index in [1.54, 1.807) is 0 Å². The highest BCUT2D eigenvalue weighted by Crippen LogP contribution is 2.35. The van der Waals surface area contributed by atoms with Gasteiger partial charge >= 0.3 is 5.97 Å². The molecule has 0 fully saturated rings. The normalized spacial score (nSPS) is 19.9. The van der Waals surface area contributed by atoms with Gasteiger partial charge in [-0.1, -0.05) is 35.9 Å². The van der Waals surface area contributed by atoms with Gasteiger partial charge in [0.2, 0.25) is 0 Å². The van der Waals surface area contributed by atoms with Gasteiger partial charge in [0.1, 0.15) is 25.3 Å². The SMILES string of the molecule is CC[N+]1(OC(=O)C(C=O)c2c(C)cc(C)cc2C)CCCc2ccccc21. The van der Waals surface area contributed by atoms with Crippen LogP contribution in [0.25, 0.3) is 0 Å². The van der Waals surface area contributed by atoms with E-state index in [-0.39, 0.29) is 4.65 Å². The molecule has 3 rings (SSSR count). The molecule has 0 radical (unpaired) electrons. The number of para-hydroxylation sites is 1. The molecule has 4 heteroatoms. The highest BCUT2D eigenvalue weighted by atomic mass is 16.7. The molecule has 2 aromatic carbocycles. The molecule has 2 aromatic rings. The third-order valence-corrected chi connectivity index (χ3v) is 5.61. The first-order valence-corrected chi connectivity index (χ1v) is 9.64. The first-order valence-electron chi connectivity index (χ1n) is 9.64. The van der Waals surface area contributed by atoms with Gasteiger partial charge < -0.3 is 4.79 Å². The second kappa shape index (κ2) is 7.65. The molecule has 0 bridgehead atoms. The van der Waals surface area contributed by atoms with E-state index in [1.807, 2.05) is 58.0 Å². The fourth-order valence-electron chi connectivity index (χ4n) is 4.41. The number of rotatable bonds is 5. The Bertz CT molecular complexity index is 851. The maximum atomic E-state index is 13.1. The molecule has 1 aliphatic heterocycles. The van der Waals surface area contributed by atoms with Crippen LogP contribution >= 0.6 is 0 Å². The number of quaternary nitrogens is 1. The average molecular weight is 366 g/mol. The Balaban J connectivity index is 1.97. The van der Waals surface area contributed by atoms with E-state index in [1.165, 1.54) is 5.56 Å². The number of aldehydes is 1. The predicted octanol–water partition coefficient (Wildman–Crippen LogP) is 4.33. The number of nitrogens with zero attached hydrogens (tertiary/aromatic N) is 1. The minimum absolute atomic E-state index is 0.156. The minimum atomic E-state index is -0.902. The minimum Gasteiger partial charge on any atom is -0.302 e. The zero-order valence-corrected chi connectivity index (χ0v) is 16.6. The molecule has 142 valence electrons. The Kier molecular flexibility index (Phi) is 5.47. The molecule has 1 aliphatic rings. The van der Waals surface area contributed by atoms with Crippen molar-refractivity contribution < 1.29 is 14.4 Å². The van der Waals surface area contributed by atoms with Gasteiger partial charge in [0.05, 0.1) is 0 Å². The summed E-state index contributed by atoms with van der Waals surface area (Å²) in [7, 11) is 0. The standard InChI is InChI=1S/C23H28NO3/c1-5-24(12-8-10-19-9-6-7-11-21(19)24)27-23(26)20(15-25)22-17(3)13-16(2)14-18(22)4/h6-7,9,11,13-15,20H,5,8,10,12H2,1-4H3/q+1. The lowest BCUT2D eigenvalue weighted by Gasteiger charge is -2.37. The molecular formula is C23H28NO3+. The maximum absolute atomic E-state index is 13.1. The Morgan fingerprint density at radius 2 is 1.85 bits per heavy atom. The molecule has 0 N–H and O–H groups in total. The van der Waals surface area contributed by atoms with Crippen LogP contribution in [0.1, 0.15) is 47.1 Å². The van der Waals surface area contributed by atoms with Crippen molar-refractivity contribution in [1.29, 1.82) is 0 Å². The predicted molar refractivity (Wildman–Crippen MR) is 108 cm³/mol. The van der Waals surface area contributed by atoms with E-state index in [2.05, 4.69) is 6.07 Å². The second-order valence-electron chi connectivity index (χ2n) is 7.50. The Morgan fingerprint density at radius 1 is 1.19 bits per heavy atom. The van der Waals surface area contributed by atoms with Gasteiger partial charge in [0.15, 0.2) is 5.69 Å². The lowest BCUT2D eigenvalue weighted by molar-refractivity contribution is -0.188. The average Bonchev–Trinajstić information content (AvgIpc) is 2.64. The van der Waals surface area contributed by atoms with Gasteiger partial charge in [0, 0.05) is 18.1 Å². The molecule has 0 amide bonds. The molecule has 0 spiro atoms. The monoisotopic (exact) mass is 366 g/mol. The maximum Gasteiger partial charge on any atom is 0.381 e. The van der Waals surface area contributed by atoms with Crippen molar-refractivity contribution in [2.24, 2.45) is 0 Å². The Morgan fingerprint density at radius 3 is 2.48 bits per heavy atom. The summed E-state index contributed by atoms with van der Waals surface area (Å²) in [4.78, 5) is 31.1. The number of carbonyl (C=O) groups excluding carboxylic acids is 2. The number of hydrogen-bond acceptors (Lipinski definition) is 3. The summed E-state index contributed by atoms with van der Waals surface area (Å²) in [5.41, 5.74) is 6.02. The summed E-state index contributed by atoms with van der Waals surface area (Å²) >= 11 is 0. The van der Waals surface area contributed by atoms with E-state index in [4.69, 9.17) is 4.84 Å². The van der Waals surface area contributed by atoms with Gasteiger partial charge in [-0.05, 0) is 50.8 Å². The van der Waals surface area contributed by atoms with Crippen molar-refractivity contribution in [2.75, 3.05) is 13.1 Å². The number of fused-ring (bicyclic) bond motifs is 1. The van der Waals surface area contributed by atoms with Crippen LogP contribution < -0.4 is 4.65 Å². The number of hydroxylamine groups is 2. The molecular weight excluding hydrogens is 338 g/mol. The van der Waals surface area contributed by atoms with Crippen LogP contribution in [0.4, 0.5) is 5.69 Å². The zero-order valence-electron chi connectivity index (χ0n) is 16.6. The van der Waals surface area contributed by atoms with Crippen LogP contribution in [0.15, 0.2) is 36.4 Å². The number of carbonyl (C=O) groups is 2. The summed E-state index contributed by atoms with van der Waals surface area (Å²) in [5.74, 6) is -1.38. The molecule has 0 saturated carbocycles. The third kappa shape index (κ3) is 3.54. The van der Waals surface area contributed by atoms with Crippen LogP contribution in [0, 0.1) is 20.8 Å². The molecule has 2 atom stereocenters. The lowest BCUT2D eigenvalue weighted by atomic mass is 9.90. The van der Waals surface area contributed by atoms with Gasteiger partial charge in [-0.15, -0.1) is 4.65 Å². The van der Waals surface area contributed by atoms with Gasteiger partial charge in [-0.3, -0.25) is 4.84 Å². The first-order chi connectivity index (χ1) is 12.9. The fraction of sp³-hybridized carbons (Fsp3) is 0.391. The second-order valence-corrected chi connectivity index (χ2v) is 7.50. The smallest absolute Gasteiger partial charge is 0.302 e. The van der Waals surface area contributed by atoms with Crippen LogP contribution in [0.5, 0.6) is 0 Å². The third-order valence-electron chi connectivity index (χ3n) is 5.61. The van der Waals surface area contributed by atoms with Crippen molar-refractivity contribution in [3.05, 3.63) is 64.2 Å². The van der Waals surface area contributed by atoms with E-state index in [9.17, 15) is 9.59 Å². The molecule has 0 aromatic heterocycles. The van der Waals surface area contributed by atoms with Crippen molar-refractivity contribution >= 4 is 17.9 Å². The summed E-state index contributed by atoms with van der Waals surface area (Å²) < 4.78 is 0.156.